The van der Waals surface area contributed by atoms with E-state index < -0.39 is 0 Å². The molecule has 3 heteroatoms. The molecule has 2 unspecified atom stereocenters. The van der Waals surface area contributed by atoms with Crippen LogP contribution >= 0.6 is 0 Å². The van der Waals surface area contributed by atoms with E-state index >= 15 is 0 Å². The average Bonchev–Trinajstić information content (AvgIpc) is 2.85. The third kappa shape index (κ3) is 3.65. The zero-order chi connectivity index (χ0) is 15.6. The Morgan fingerprint density at radius 3 is 2.48 bits per heavy atom. The lowest BCUT2D eigenvalue weighted by molar-refractivity contribution is -0.118. The van der Waals surface area contributed by atoms with E-state index in [4.69, 9.17) is 0 Å². The summed E-state index contributed by atoms with van der Waals surface area (Å²) in [7, 11) is 0. The van der Waals surface area contributed by atoms with Gasteiger partial charge in [0.05, 0.1) is 6.04 Å². The van der Waals surface area contributed by atoms with Crippen LogP contribution in [0.2, 0.25) is 0 Å². The second-order valence-corrected chi connectivity index (χ2v) is 6.84. The average molecular weight is 288 g/mol. The first kappa shape index (κ1) is 16.0. The van der Waals surface area contributed by atoms with Crippen LogP contribution in [-0.4, -0.2) is 18.5 Å². The number of amides is 1. The number of rotatable bonds is 4. The second-order valence-electron chi connectivity index (χ2n) is 6.84. The molecule has 0 radical (unpaired) electrons. The van der Waals surface area contributed by atoms with Crippen molar-refractivity contribution in [2.45, 2.75) is 58.9 Å². The molecule has 1 aromatic carbocycles. The number of hydrogen-bond acceptors (Lipinski definition) is 2. The minimum absolute atomic E-state index is 0.0604. The van der Waals surface area contributed by atoms with E-state index in [1.165, 1.54) is 11.1 Å². The Morgan fingerprint density at radius 1 is 1.24 bits per heavy atom. The van der Waals surface area contributed by atoms with E-state index in [-0.39, 0.29) is 11.9 Å². The third-order valence-corrected chi connectivity index (χ3v) is 4.44. The Bertz CT molecular complexity index is 508. The second kappa shape index (κ2) is 6.61. The molecular weight excluding hydrogens is 260 g/mol. The van der Waals surface area contributed by atoms with E-state index in [1.807, 2.05) is 0 Å². The molecule has 0 aliphatic carbocycles. The first-order valence-corrected chi connectivity index (χ1v) is 8.08. The van der Waals surface area contributed by atoms with Crippen molar-refractivity contribution in [2.75, 3.05) is 11.9 Å². The maximum Gasteiger partial charge on any atom is 0.241 e. The van der Waals surface area contributed by atoms with Crippen molar-refractivity contribution in [1.29, 1.82) is 0 Å². The molecule has 1 aromatic rings. The lowest BCUT2D eigenvalue weighted by Gasteiger charge is -2.20. The van der Waals surface area contributed by atoms with Crippen molar-refractivity contribution in [3.63, 3.8) is 0 Å². The summed E-state index contributed by atoms with van der Waals surface area (Å²) in [5.41, 5.74) is 3.50. The maximum absolute atomic E-state index is 12.4. The fourth-order valence-electron chi connectivity index (χ4n) is 2.93. The number of hydrogen-bond donors (Lipinski definition) is 2. The van der Waals surface area contributed by atoms with Gasteiger partial charge in [-0.15, -0.1) is 0 Å². The number of carbonyl (C=O) groups excluding carboxylic acids is 1. The molecule has 21 heavy (non-hydrogen) atoms. The molecule has 1 amide bonds. The molecule has 116 valence electrons. The van der Waals surface area contributed by atoms with Crippen molar-refractivity contribution in [3.05, 3.63) is 29.3 Å². The Hall–Kier alpha value is -1.35. The highest BCUT2D eigenvalue weighted by molar-refractivity contribution is 5.96. The largest absolute Gasteiger partial charge is 0.324 e. The summed E-state index contributed by atoms with van der Waals surface area (Å²) in [6.45, 7) is 11.8. The summed E-state index contributed by atoms with van der Waals surface area (Å²) in [5.74, 6) is 1.40. The van der Waals surface area contributed by atoms with Crippen LogP contribution in [-0.2, 0) is 4.79 Å². The normalized spacial score (nSPS) is 22.0. The molecule has 1 aliphatic rings. The topological polar surface area (TPSA) is 41.1 Å². The Labute approximate surface area is 128 Å². The summed E-state index contributed by atoms with van der Waals surface area (Å²) in [5, 5.41) is 6.42. The van der Waals surface area contributed by atoms with Crippen LogP contribution in [0.25, 0.3) is 0 Å². The lowest BCUT2D eigenvalue weighted by Crippen LogP contribution is -2.39. The number of nitrogens with one attached hydrogen (secondary N) is 2. The molecule has 1 heterocycles. The number of benzene rings is 1. The molecule has 1 aliphatic heterocycles. The van der Waals surface area contributed by atoms with Crippen LogP contribution in [0.1, 0.15) is 64.0 Å². The molecular formula is C18H28N2O. The van der Waals surface area contributed by atoms with Gasteiger partial charge in [-0.1, -0.05) is 46.8 Å². The van der Waals surface area contributed by atoms with Crippen molar-refractivity contribution in [3.8, 4) is 0 Å². The van der Waals surface area contributed by atoms with Crippen LogP contribution in [0, 0.1) is 5.92 Å². The van der Waals surface area contributed by atoms with Gasteiger partial charge >= 0.3 is 0 Å². The van der Waals surface area contributed by atoms with E-state index in [0.717, 1.165) is 18.7 Å². The van der Waals surface area contributed by atoms with Crippen LogP contribution in [0.5, 0.6) is 0 Å². The zero-order valence-corrected chi connectivity index (χ0v) is 13.9. The van der Waals surface area contributed by atoms with Crippen molar-refractivity contribution < 1.29 is 4.79 Å². The standard InChI is InChI=1S/C18H28N2O/c1-11(2)14-6-7-16(15(10-14)12(3)4)20-18(21)17-13(5)8-9-19-17/h6-7,10-13,17,19H,8-9H2,1-5H3,(H,20,21). The van der Waals surface area contributed by atoms with Crippen molar-refractivity contribution >= 4 is 11.6 Å². The van der Waals surface area contributed by atoms with E-state index in [2.05, 4.69) is 63.5 Å². The Morgan fingerprint density at radius 2 is 1.95 bits per heavy atom. The van der Waals surface area contributed by atoms with E-state index in [1.54, 1.807) is 0 Å². The van der Waals surface area contributed by atoms with Gasteiger partial charge in [0, 0.05) is 5.69 Å². The fraction of sp³-hybridized carbons (Fsp3) is 0.611. The first-order chi connectivity index (χ1) is 9.90. The van der Waals surface area contributed by atoms with Gasteiger partial charge < -0.3 is 10.6 Å². The maximum atomic E-state index is 12.4. The minimum Gasteiger partial charge on any atom is -0.324 e. The molecule has 1 saturated heterocycles. The van der Waals surface area contributed by atoms with Crippen molar-refractivity contribution in [2.24, 2.45) is 5.92 Å². The minimum atomic E-state index is -0.0604. The molecule has 1 fully saturated rings. The molecule has 0 saturated carbocycles. The monoisotopic (exact) mass is 288 g/mol. The SMILES string of the molecule is CC(C)c1ccc(NC(=O)C2NCCC2C)c(C(C)C)c1. The molecule has 0 bridgehead atoms. The Kier molecular flexibility index (Phi) is 5.04. The fourth-order valence-corrected chi connectivity index (χ4v) is 2.93. The van der Waals surface area contributed by atoms with Gasteiger partial charge in [-0.2, -0.15) is 0 Å². The Balaban J connectivity index is 2.21. The summed E-state index contributed by atoms with van der Waals surface area (Å²) < 4.78 is 0. The van der Waals surface area contributed by atoms with Crippen LogP contribution in [0.4, 0.5) is 5.69 Å². The highest BCUT2D eigenvalue weighted by Crippen LogP contribution is 2.29. The summed E-state index contributed by atoms with van der Waals surface area (Å²) in [4.78, 5) is 12.4. The van der Waals surface area contributed by atoms with Crippen LogP contribution in [0.3, 0.4) is 0 Å². The summed E-state index contributed by atoms with van der Waals surface area (Å²) in [6, 6.07) is 6.35. The van der Waals surface area contributed by atoms with Gasteiger partial charge in [-0.25, -0.2) is 0 Å². The first-order valence-electron chi connectivity index (χ1n) is 8.08. The highest BCUT2D eigenvalue weighted by atomic mass is 16.2. The summed E-state index contributed by atoms with van der Waals surface area (Å²) in [6.07, 6.45) is 1.07. The summed E-state index contributed by atoms with van der Waals surface area (Å²) >= 11 is 0. The quantitative estimate of drug-likeness (QED) is 0.883. The van der Waals surface area contributed by atoms with E-state index in [0.29, 0.717) is 17.8 Å². The van der Waals surface area contributed by atoms with Crippen molar-refractivity contribution in [1.82, 2.24) is 5.32 Å². The lowest BCUT2D eigenvalue weighted by atomic mass is 9.94. The van der Waals surface area contributed by atoms with Gasteiger partial charge in [0.2, 0.25) is 5.91 Å². The number of carbonyl (C=O) groups is 1. The van der Waals surface area contributed by atoms with Crippen LogP contribution in [0.15, 0.2) is 18.2 Å². The molecule has 0 spiro atoms. The van der Waals surface area contributed by atoms with Crippen LogP contribution < -0.4 is 10.6 Å². The molecule has 2 atom stereocenters. The van der Waals surface area contributed by atoms with Gasteiger partial charge in [-0.05, 0) is 47.9 Å². The smallest absolute Gasteiger partial charge is 0.241 e. The number of anilines is 1. The predicted octanol–water partition coefficient (Wildman–Crippen LogP) is 3.87. The zero-order valence-electron chi connectivity index (χ0n) is 13.9. The molecule has 2 rings (SSSR count). The highest BCUT2D eigenvalue weighted by Gasteiger charge is 2.29. The van der Waals surface area contributed by atoms with Gasteiger partial charge in [0.25, 0.3) is 0 Å². The molecule has 0 aromatic heterocycles. The van der Waals surface area contributed by atoms with Gasteiger partial charge in [0.1, 0.15) is 0 Å². The van der Waals surface area contributed by atoms with Gasteiger partial charge in [-0.3, -0.25) is 4.79 Å². The molecule has 2 N–H and O–H groups in total. The molecule has 3 nitrogen and oxygen atoms in total. The third-order valence-electron chi connectivity index (χ3n) is 4.44. The predicted molar refractivity (Wildman–Crippen MR) is 88.8 cm³/mol. The van der Waals surface area contributed by atoms with Gasteiger partial charge in [0.15, 0.2) is 0 Å². The van der Waals surface area contributed by atoms with E-state index in [9.17, 15) is 4.79 Å².